The molecule has 0 spiro atoms. The van der Waals surface area contributed by atoms with E-state index in [0.717, 1.165) is 21.6 Å². The Balaban J connectivity index is 2.35. The van der Waals surface area contributed by atoms with E-state index in [2.05, 4.69) is 6.58 Å². The molecular formula is C20H25NO3S2. The highest BCUT2D eigenvalue weighted by Crippen LogP contribution is 2.35. The van der Waals surface area contributed by atoms with Crippen LogP contribution < -0.4 is 0 Å². The molecule has 1 amide bonds. The summed E-state index contributed by atoms with van der Waals surface area (Å²) in [6.45, 7) is 11.5. The van der Waals surface area contributed by atoms with Crippen molar-refractivity contribution in [1.29, 1.82) is 0 Å². The van der Waals surface area contributed by atoms with Crippen LogP contribution in [0.25, 0.3) is 11.1 Å². The minimum absolute atomic E-state index is 0.0374. The normalized spacial score (nSPS) is 11.6. The monoisotopic (exact) mass is 391 g/mol. The third kappa shape index (κ3) is 4.62. The molecule has 0 aliphatic carbocycles. The fourth-order valence-electron chi connectivity index (χ4n) is 2.80. The molecule has 0 saturated carbocycles. The summed E-state index contributed by atoms with van der Waals surface area (Å²) < 4.78 is 25.4. The van der Waals surface area contributed by atoms with Crippen molar-refractivity contribution >= 4 is 27.1 Å². The number of carbonyl (C=O) groups excluding carboxylic acids is 1. The van der Waals surface area contributed by atoms with Crippen LogP contribution in [-0.2, 0) is 21.2 Å². The summed E-state index contributed by atoms with van der Waals surface area (Å²) in [5.41, 5.74) is 2.60. The summed E-state index contributed by atoms with van der Waals surface area (Å²) >= 11 is 1.29. The Hall–Kier alpha value is -1.92. The van der Waals surface area contributed by atoms with Gasteiger partial charge in [-0.2, -0.15) is 0 Å². The Kier molecular flexibility index (Phi) is 6.42. The average molecular weight is 392 g/mol. The fourth-order valence-corrected chi connectivity index (χ4v) is 5.64. The highest BCUT2D eigenvalue weighted by Gasteiger charge is 2.21. The van der Waals surface area contributed by atoms with E-state index in [0.29, 0.717) is 10.8 Å². The minimum Gasteiger partial charge on any atom is -0.336 e. The van der Waals surface area contributed by atoms with Crippen molar-refractivity contribution in [2.75, 3.05) is 5.75 Å². The van der Waals surface area contributed by atoms with Gasteiger partial charge in [-0.3, -0.25) is 4.79 Å². The number of benzene rings is 1. The maximum atomic E-state index is 12.5. The zero-order valence-electron chi connectivity index (χ0n) is 15.7. The SMILES string of the molecule is C=CCS(=O)(=O)c1sc(C)cc1-c1ccc(CN(C(C)=O)C(C)C)cc1. The molecule has 0 saturated heterocycles. The molecule has 1 heterocycles. The van der Waals surface area contributed by atoms with E-state index in [1.54, 1.807) is 11.8 Å². The molecule has 0 atom stereocenters. The summed E-state index contributed by atoms with van der Waals surface area (Å²) in [7, 11) is -3.37. The van der Waals surface area contributed by atoms with Crippen molar-refractivity contribution in [3.05, 3.63) is 53.4 Å². The second kappa shape index (κ2) is 8.18. The second-order valence-electron chi connectivity index (χ2n) is 6.57. The number of amides is 1. The van der Waals surface area contributed by atoms with Crippen LogP contribution in [0.5, 0.6) is 0 Å². The lowest BCUT2D eigenvalue weighted by Gasteiger charge is -2.25. The van der Waals surface area contributed by atoms with Crippen molar-refractivity contribution in [2.45, 2.75) is 44.5 Å². The number of rotatable bonds is 7. The van der Waals surface area contributed by atoms with Crippen LogP contribution in [-0.4, -0.2) is 31.0 Å². The van der Waals surface area contributed by atoms with Gasteiger partial charge in [0.2, 0.25) is 5.91 Å². The summed E-state index contributed by atoms with van der Waals surface area (Å²) in [6, 6.07) is 9.77. The number of hydrogen-bond acceptors (Lipinski definition) is 4. The predicted molar refractivity (Wildman–Crippen MR) is 108 cm³/mol. The maximum Gasteiger partial charge on any atom is 0.219 e. The van der Waals surface area contributed by atoms with Gasteiger partial charge in [0.15, 0.2) is 9.84 Å². The van der Waals surface area contributed by atoms with E-state index in [9.17, 15) is 13.2 Å². The topological polar surface area (TPSA) is 54.5 Å². The summed E-state index contributed by atoms with van der Waals surface area (Å²) in [6.07, 6.45) is 1.42. The van der Waals surface area contributed by atoms with Crippen LogP contribution in [0, 0.1) is 6.92 Å². The quantitative estimate of drug-likeness (QED) is 0.656. The Labute approximate surface area is 160 Å². The molecule has 2 rings (SSSR count). The van der Waals surface area contributed by atoms with E-state index >= 15 is 0 Å². The standard InChI is InChI=1S/C20H25NO3S2/c1-6-11-26(23,24)20-19(12-15(4)25-20)18-9-7-17(8-10-18)13-21(14(2)3)16(5)22/h6-10,12,14H,1,11,13H2,2-5H3. The molecule has 0 N–H and O–H groups in total. The van der Waals surface area contributed by atoms with Crippen LogP contribution in [0.2, 0.25) is 0 Å². The molecule has 26 heavy (non-hydrogen) atoms. The van der Waals surface area contributed by atoms with Crippen LogP contribution in [0.3, 0.4) is 0 Å². The largest absolute Gasteiger partial charge is 0.336 e. The lowest BCUT2D eigenvalue weighted by Crippen LogP contribution is -2.34. The van der Waals surface area contributed by atoms with Crippen molar-refractivity contribution in [3.63, 3.8) is 0 Å². The fraction of sp³-hybridized carbons (Fsp3) is 0.350. The molecule has 0 radical (unpaired) electrons. The first-order chi connectivity index (χ1) is 12.2. The lowest BCUT2D eigenvalue weighted by molar-refractivity contribution is -0.131. The Morgan fingerprint density at radius 1 is 1.27 bits per heavy atom. The molecule has 1 aromatic heterocycles. The van der Waals surface area contributed by atoms with E-state index in [-0.39, 0.29) is 17.7 Å². The second-order valence-corrected chi connectivity index (χ2v) is 10.1. The number of hydrogen-bond donors (Lipinski definition) is 0. The van der Waals surface area contributed by atoms with Gasteiger partial charge in [0.25, 0.3) is 0 Å². The molecular weight excluding hydrogens is 366 g/mol. The van der Waals surface area contributed by atoms with Crippen molar-refractivity contribution in [2.24, 2.45) is 0 Å². The third-order valence-corrected chi connectivity index (χ3v) is 7.40. The molecule has 140 valence electrons. The van der Waals surface area contributed by atoms with Gasteiger partial charge in [0, 0.05) is 30.0 Å². The smallest absolute Gasteiger partial charge is 0.219 e. The van der Waals surface area contributed by atoms with Crippen molar-refractivity contribution in [1.82, 2.24) is 4.90 Å². The molecule has 1 aromatic carbocycles. The van der Waals surface area contributed by atoms with E-state index < -0.39 is 9.84 Å². The predicted octanol–water partition coefficient (Wildman–Crippen LogP) is 4.44. The first kappa shape index (κ1) is 20.4. The summed E-state index contributed by atoms with van der Waals surface area (Å²) in [5.74, 6) is -0.0321. The molecule has 6 heteroatoms. The van der Waals surface area contributed by atoms with Gasteiger partial charge in [0.05, 0.1) is 5.75 Å². The molecule has 2 aromatic rings. The number of sulfone groups is 1. The van der Waals surface area contributed by atoms with E-state index in [4.69, 9.17) is 0 Å². The zero-order chi connectivity index (χ0) is 19.5. The summed E-state index contributed by atoms with van der Waals surface area (Å²) in [5, 5.41) is 0. The molecule has 0 aliphatic heterocycles. The number of carbonyl (C=O) groups is 1. The van der Waals surface area contributed by atoms with E-state index in [1.807, 2.05) is 51.1 Å². The maximum absolute atomic E-state index is 12.5. The zero-order valence-corrected chi connectivity index (χ0v) is 17.3. The molecule has 0 fully saturated rings. The van der Waals surface area contributed by atoms with Crippen LogP contribution in [0.15, 0.2) is 47.2 Å². The highest BCUT2D eigenvalue weighted by atomic mass is 32.2. The Morgan fingerprint density at radius 3 is 2.38 bits per heavy atom. The first-order valence-electron chi connectivity index (χ1n) is 8.46. The lowest BCUT2D eigenvalue weighted by atomic mass is 10.1. The Bertz CT molecular complexity index is 894. The third-order valence-electron chi connectivity index (χ3n) is 4.09. The van der Waals surface area contributed by atoms with Crippen molar-refractivity contribution < 1.29 is 13.2 Å². The molecule has 0 unspecified atom stereocenters. The van der Waals surface area contributed by atoms with E-state index in [1.165, 1.54) is 17.4 Å². The highest BCUT2D eigenvalue weighted by molar-refractivity contribution is 7.93. The molecule has 0 bridgehead atoms. The Morgan fingerprint density at radius 2 is 1.88 bits per heavy atom. The van der Waals surface area contributed by atoms with Gasteiger partial charge in [-0.25, -0.2) is 8.42 Å². The van der Waals surface area contributed by atoms with Gasteiger partial charge in [-0.1, -0.05) is 30.3 Å². The average Bonchev–Trinajstić information content (AvgIpc) is 2.95. The molecule has 4 nitrogen and oxygen atoms in total. The number of thiophene rings is 1. The van der Waals surface area contributed by atoms with Crippen molar-refractivity contribution in [3.8, 4) is 11.1 Å². The number of nitrogens with zero attached hydrogens (tertiary/aromatic N) is 1. The minimum atomic E-state index is -3.37. The molecule has 0 aliphatic rings. The first-order valence-corrected chi connectivity index (χ1v) is 10.9. The van der Waals surface area contributed by atoms with Gasteiger partial charge >= 0.3 is 0 Å². The van der Waals surface area contributed by atoms with Gasteiger partial charge in [0.1, 0.15) is 4.21 Å². The van der Waals surface area contributed by atoms with Crippen LogP contribution >= 0.6 is 11.3 Å². The summed E-state index contributed by atoms with van der Waals surface area (Å²) in [4.78, 5) is 14.5. The van der Waals surface area contributed by atoms with Crippen LogP contribution in [0.4, 0.5) is 0 Å². The van der Waals surface area contributed by atoms with Gasteiger partial charge in [-0.15, -0.1) is 17.9 Å². The number of aryl methyl sites for hydroxylation is 1. The van der Waals surface area contributed by atoms with Gasteiger partial charge < -0.3 is 4.90 Å². The van der Waals surface area contributed by atoms with Crippen LogP contribution in [0.1, 0.15) is 31.2 Å². The van der Waals surface area contributed by atoms with Gasteiger partial charge in [-0.05, 0) is 38.0 Å².